The molecule has 40 heavy (non-hydrogen) atoms. The molecule has 8 nitrogen and oxygen atoms in total. The molecule has 1 heterocycles. The molecule has 206 valence electrons. The lowest BCUT2D eigenvalue weighted by atomic mass is 10.0. The fourth-order valence-electron chi connectivity index (χ4n) is 5.39. The van der Waals surface area contributed by atoms with Gasteiger partial charge in [-0.2, -0.15) is 0 Å². The number of carbonyl (C=O) groups is 2. The van der Waals surface area contributed by atoms with Gasteiger partial charge in [0.2, 0.25) is 5.91 Å². The van der Waals surface area contributed by atoms with Crippen LogP contribution in [-0.4, -0.2) is 54.4 Å². The summed E-state index contributed by atoms with van der Waals surface area (Å²) in [4.78, 5) is 32.8. The van der Waals surface area contributed by atoms with Crippen LogP contribution in [0.15, 0.2) is 89.9 Å². The summed E-state index contributed by atoms with van der Waals surface area (Å²) in [6.07, 6.45) is 1.98. The lowest BCUT2D eigenvalue weighted by Crippen LogP contribution is -2.48. The number of hydrogen-bond acceptors (Lipinski definition) is 4. The average Bonchev–Trinajstić information content (AvgIpc) is 3.12. The summed E-state index contributed by atoms with van der Waals surface area (Å²) in [7, 11) is 0. The summed E-state index contributed by atoms with van der Waals surface area (Å²) in [6.45, 7) is 2.00. The maximum Gasteiger partial charge on any atom is 0.251 e. The number of carbonyl (C=O) groups excluding carboxylic acids is 2. The van der Waals surface area contributed by atoms with Crippen molar-refractivity contribution in [3.63, 3.8) is 0 Å². The van der Waals surface area contributed by atoms with Gasteiger partial charge in [0.05, 0.1) is 6.04 Å². The minimum absolute atomic E-state index is 0.0482. The molecule has 1 unspecified atom stereocenters. The first-order valence-corrected chi connectivity index (χ1v) is 13.8. The number of aliphatic imine (C=N–C) groups is 1. The highest BCUT2D eigenvalue weighted by Gasteiger charge is 2.31. The van der Waals surface area contributed by atoms with Crippen LogP contribution in [0, 0.1) is 0 Å². The molecule has 2 atom stereocenters. The van der Waals surface area contributed by atoms with E-state index < -0.39 is 6.04 Å². The molecular formula is C32H36N6O2. The second-order valence-electron chi connectivity index (χ2n) is 10.3. The quantitative estimate of drug-likeness (QED) is 0.148. The maximum absolute atomic E-state index is 13.7. The van der Waals surface area contributed by atoms with E-state index in [2.05, 4.69) is 39.9 Å². The van der Waals surface area contributed by atoms with Crippen molar-refractivity contribution in [2.45, 2.75) is 37.9 Å². The van der Waals surface area contributed by atoms with E-state index in [9.17, 15) is 9.59 Å². The molecule has 1 saturated heterocycles. The van der Waals surface area contributed by atoms with Crippen molar-refractivity contribution in [1.29, 1.82) is 0 Å². The molecule has 0 spiro atoms. The Labute approximate surface area is 234 Å². The molecule has 5 rings (SSSR count). The number of nitrogens with zero attached hydrogens (tertiary/aromatic N) is 2. The van der Waals surface area contributed by atoms with Crippen molar-refractivity contribution in [2.75, 3.05) is 19.6 Å². The first-order valence-electron chi connectivity index (χ1n) is 13.8. The van der Waals surface area contributed by atoms with Crippen LogP contribution in [0.25, 0.3) is 21.5 Å². The smallest absolute Gasteiger partial charge is 0.251 e. The molecular weight excluding hydrogens is 500 g/mol. The van der Waals surface area contributed by atoms with Crippen molar-refractivity contribution < 1.29 is 9.59 Å². The highest BCUT2D eigenvalue weighted by molar-refractivity contribution is 5.98. The lowest BCUT2D eigenvalue weighted by Gasteiger charge is -2.25. The molecule has 0 bridgehead atoms. The molecule has 0 radical (unpaired) electrons. The van der Waals surface area contributed by atoms with Crippen LogP contribution in [0.1, 0.15) is 35.2 Å². The summed E-state index contributed by atoms with van der Waals surface area (Å²) in [5, 5.41) is 11.0. The van der Waals surface area contributed by atoms with E-state index in [1.807, 2.05) is 65.6 Å². The molecule has 0 aromatic heterocycles. The number of benzene rings is 4. The zero-order chi connectivity index (χ0) is 27.9. The normalized spacial score (nSPS) is 17.5. The number of guanidine groups is 1. The van der Waals surface area contributed by atoms with Gasteiger partial charge in [-0.1, -0.05) is 72.8 Å². The van der Waals surface area contributed by atoms with Crippen molar-refractivity contribution in [1.82, 2.24) is 15.5 Å². The molecule has 8 heteroatoms. The summed E-state index contributed by atoms with van der Waals surface area (Å²) < 4.78 is 0. The maximum atomic E-state index is 13.7. The monoisotopic (exact) mass is 536 g/mol. The van der Waals surface area contributed by atoms with Crippen LogP contribution >= 0.6 is 0 Å². The molecule has 0 aliphatic carbocycles. The van der Waals surface area contributed by atoms with E-state index in [0.717, 1.165) is 33.5 Å². The Morgan fingerprint density at radius 2 is 1.70 bits per heavy atom. The minimum atomic E-state index is -0.394. The van der Waals surface area contributed by atoms with E-state index in [1.165, 1.54) is 0 Å². The number of rotatable bonds is 9. The summed E-state index contributed by atoms with van der Waals surface area (Å²) in [5.74, 6) is -0.0203. The SMILES string of the molecule is NC(N)=NCCC[C@@H]1NC(CNC(=O)c2ccc3ccccc3c2)CCN(Cc2cccc3ccccc23)C1=O. The Bertz CT molecular complexity index is 1530. The largest absolute Gasteiger partial charge is 0.370 e. The Kier molecular flexibility index (Phi) is 8.56. The molecule has 1 aliphatic heterocycles. The first kappa shape index (κ1) is 27.1. The van der Waals surface area contributed by atoms with Crippen LogP contribution in [0.3, 0.4) is 0 Å². The van der Waals surface area contributed by atoms with Crippen LogP contribution in [0.2, 0.25) is 0 Å². The third-order valence-corrected chi connectivity index (χ3v) is 7.50. The van der Waals surface area contributed by atoms with Gasteiger partial charge in [-0.25, -0.2) is 0 Å². The van der Waals surface area contributed by atoms with Crippen LogP contribution in [-0.2, 0) is 11.3 Å². The average molecular weight is 537 g/mol. The molecule has 1 aliphatic rings. The summed E-state index contributed by atoms with van der Waals surface area (Å²) in [6, 6.07) is 27.7. The van der Waals surface area contributed by atoms with Crippen molar-refractivity contribution >= 4 is 39.3 Å². The Morgan fingerprint density at radius 3 is 2.52 bits per heavy atom. The van der Waals surface area contributed by atoms with Crippen LogP contribution < -0.4 is 22.1 Å². The molecule has 4 aromatic rings. The third kappa shape index (κ3) is 6.58. The minimum Gasteiger partial charge on any atom is -0.370 e. The lowest BCUT2D eigenvalue weighted by molar-refractivity contribution is -0.133. The zero-order valence-corrected chi connectivity index (χ0v) is 22.6. The molecule has 6 N–H and O–H groups in total. The van der Waals surface area contributed by atoms with Gasteiger partial charge in [-0.15, -0.1) is 0 Å². The van der Waals surface area contributed by atoms with E-state index in [1.54, 1.807) is 0 Å². The van der Waals surface area contributed by atoms with Gasteiger partial charge >= 0.3 is 0 Å². The Balaban J connectivity index is 1.29. The zero-order valence-electron chi connectivity index (χ0n) is 22.6. The van der Waals surface area contributed by atoms with E-state index >= 15 is 0 Å². The van der Waals surface area contributed by atoms with E-state index in [-0.39, 0.29) is 23.8 Å². The number of nitrogens with two attached hydrogens (primary N) is 2. The highest BCUT2D eigenvalue weighted by atomic mass is 16.2. The Morgan fingerprint density at radius 1 is 0.950 bits per heavy atom. The topological polar surface area (TPSA) is 126 Å². The van der Waals surface area contributed by atoms with Gasteiger partial charge in [0.15, 0.2) is 5.96 Å². The van der Waals surface area contributed by atoms with Crippen LogP contribution in [0.4, 0.5) is 0 Å². The van der Waals surface area contributed by atoms with Crippen molar-refractivity contribution in [3.05, 3.63) is 96.1 Å². The van der Waals surface area contributed by atoms with Gasteiger partial charge in [-0.3, -0.25) is 14.6 Å². The standard InChI is InChI=1S/C32H36N6O2/c33-32(34)35-17-6-13-29-31(40)38(21-26-11-5-10-23-8-3-4-12-28(23)26)18-16-27(37-29)20-36-30(39)25-15-14-22-7-1-2-9-24(22)19-25/h1-5,7-12,14-15,19,27,29,37H,6,13,16-18,20-21H2,(H,36,39)(H4,33,34,35)/t27?,29-/m0/s1. The molecule has 2 amide bonds. The van der Waals surface area contributed by atoms with Crippen LogP contribution in [0.5, 0.6) is 0 Å². The fourth-order valence-corrected chi connectivity index (χ4v) is 5.39. The molecule has 4 aromatic carbocycles. The summed E-state index contributed by atoms with van der Waals surface area (Å²) >= 11 is 0. The van der Waals surface area contributed by atoms with E-state index in [0.29, 0.717) is 44.6 Å². The molecule has 1 fully saturated rings. The number of nitrogens with one attached hydrogen (secondary N) is 2. The van der Waals surface area contributed by atoms with Gasteiger partial charge < -0.3 is 27.0 Å². The van der Waals surface area contributed by atoms with Gasteiger partial charge in [0, 0.05) is 37.8 Å². The number of fused-ring (bicyclic) bond motifs is 2. The predicted molar refractivity (Wildman–Crippen MR) is 161 cm³/mol. The highest BCUT2D eigenvalue weighted by Crippen LogP contribution is 2.22. The van der Waals surface area contributed by atoms with Gasteiger partial charge in [-0.05, 0) is 58.5 Å². The third-order valence-electron chi connectivity index (χ3n) is 7.50. The summed E-state index contributed by atoms with van der Waals surface area (Å²) in [5.41, 5.74) is 12.7. The van der Waals surface area contributed by atoms with Crippen molar-refractivity contribution in [2.24, 2.45) is 16.5 Å². The first-order chi connectivity index (χ1) is 19.5. The van der Waals surface area contributed by atoms with Gasteiger partial charge in [0.25, 0.3) is 5.91 Å². The molecule has 0 saturated carbocycles. The number of amides is 2. The van der Waals surface area contributed by atoms with E-state index in [4.69, 9.17) is 11.5 Å². The fraction of sp³-hybridized carbons (Fsp3) is 0.281. The Hall–Kier alpha value is -4.43. The van der Waals surface area contributed by atoms with Crippen molar-refractivity contribution in [3.8, 4) is 0 Å². The predicted octanol–water partition coefficient (Wildman–Crippen LogP) is 3.54. The second kappa shape index (κ2) is 12.6. The number of hydrogen-bond donors (Lipinski definition) is 4. The van der Waals surface area contributed by atoms with Gasteiger partial charge in [0.1, 0.15) is 0 Å². The second-order valence-corrected chi connectivity index (χ2v) is 10.3.